The van der Waals surface area contributed by atoms with Gasteiger partial charge in [-0.05, 0) is 27.7 Å². The first kappa shape index (κ1) is 26.5. The summed E-state index contributed by atoms with van der Waals surface area (Å²) in [4.78, 5) is 25.5. The molecular formula is C23H25F5N6O3. The number of halogens is 5. The van der Waals surface area contributed by atoms with Crippen LogP contribution >= 0.6 is 0 Å². The number of ether oxygens (including phenoxy) is 1. The Hall–Kier alpha value is -3.55. The molecule has 1 amide bonds. The summed E-state index contributed by atoms with van der Waals surface area (Å²) in [6.45, 7) is 5.34. The van der Waals surface area contributed by atoms with Gasteiger partial charge in [0.15, 0.2) is 5.65 Å². The highest BCUT2D eigenvalue weighted by Crippen LogP contribution is 2.37. The Balaban J connectivity index is 1.61. The van der Waals surface area contributed by atoms with Gasteiger partial charge in [-0.25, -0.2) is 23.5 Å². The molecule has 0 bridgehead atoms. The lowest BCUT2D eigenvalue weighted by molar-refractivity contribution is -0.260. The molecule has 1 unspecified atom stereocenters. The third-order valence-electron chi connectivity index (χ3n) is 5.73. The van der Waals surface area contributed by atoms with E-state index in [1.807, 2.05) is 0 Å². The molecule has 0 aromatic carbocycles. The van der Waals surface area contributed by atoms with Crippen molar-refractivity contribution >= 4 is 17.6 Å². The molecule has 3 atom stereocenters. The van der Waals surface area contributed by atoms with Gasteiger partial charge in [0.25, 0.3) is 0 Å². The fourth-order valence-corrected chi connectivity index (χ4v) is 3.74. The molecule has 1 aliphatic heterocycles. The average molecular weight is 528 g/mol. The largest absolute Gasteiger partial charge is 0.444 e. The van der Waals surface area contributed by atoms with Gasteiger partial charge in [0.1, 0.15) is 23.4 Å². The number of pyridine rings is 1. The van der Waals surface area contributed by atoms with E-state index in [0.29, 0.717) is 6.92 Å². The Morgan fingerprint density at radius 2 is 1.84 bits per heavy atom. The minimum Gasteiger partial charge on any atom is -0.444 e. The van der Waals surface area contributed by atoms with Crippen LogP contribution in [0.5, 0.6) is 0 Å². The summed E-state index contributed by atoms with van der Waals surface area (Å²) in [5, 5.41) is 12.8. The van der Waals surface area contributed by atoms with Gasteiger partial charge < -0.3 is 20.1 Å². The molecule has 37 heavy (non-hydrogen) atoms. The number of anilines is 1. The number of hydrogen-bond donors (Lipinski definition) is 2. The molecule has 4 rings (SSSR count). The van der Waals surface area contributed by atoms with Crippen molar-refractivity contribution in [2.24, 2.45) is 0 Å². The molecule has 3 aromatic heterocycles. The number of carbonyl (C=O) groups is 1. The molecule has 3 aromatic rings. The molecule has 1 saturated heterocycles. The molecule has 1 fully saturated rings. The van der Waals surface area contributed by atoms with E-state index in [1.54, 1.807) is 20.8 Å². The summed E-state index contributed by atoms with van der Waals surface area (Å²) in [6.07, 6.45) is -3.94. The average Bonchev–Trinajstić information content (AvgIpc) is 3.34. The SMILES string of the molecule is CC(C)(C)OC(=O)N1C[C@H](Nc2cc(F)cc(-c3cnc4cnc(C(C)(O)C(F)(F)F)cn34)n2)[C@@H](F)C1. The molecule has 1 aliphatic rings. The van der Waals surface area contributed by atoms with E-state index in [-0.39, 0.29) is 35.9 Å². The van der Waals surface area contributed by atoms with E-state index in [9.17, 15) is 31.9 Å². The van der Waals surface area contributed by atoms with E-state index < -0.39 is 47.2 Å². The summed E-state index contributed by atoms with van der Waals surface area (Å²) in [6, 6.07) is 1.15. The van der Waals surface area contributed by atoms with Crippen LogP contribution in [0.15, 0.2) is 30.7 Å². The second kappa shape index (κ2) is 9.08. The van der Waals surface area contributed by atoms with Crippen molar-refractivity contribution in [3.63, 3.8) is 0 Å². The zero-order chi connectivity index (χ0) is 27.3. The fourth-order valence-electron chi connectivity index (χ4n) is 3.74. The monoisotopic (exact) mass is 528 g/mol. The molecule has 0 spiro atoms. The lowest BCUT2D eigenvalue weighted by atomic mass is 10.0. The van der Waals surface area contributed by atoms with Crippen LogP contribution in [0.3, 0.4) is 0 Å². The van der Waals surface area contributed by atoms with Crippen molar-refractivity contribution in [3.8, 4) is 11.4 Å². The Labute approximate surface area is 208 Å². The van der Waals surface area contributed by atoms with Crippen LogP contribution in [0.4, 0.5) is 32.6 Å². The zero-order valence-electron chi connectivity index (χ0n) is 20.3. The third kappa shape index (κ3) is 5.43. The number of hydrogen-bond acceptors (Lipinski definition) is 7. The molecule has 2 N–H and O–H groups in total. The number of nitrogens with zero attached hydrogens (tertiary/aromatic N) is 5. The molecule has 0 radical (unpaired) electrons. The molecule has 0 aliphatic carbocycles. The van der Waals surface area contributed by atoms with Crippen LogP contribution in [0.2, 0.25) is 0 Å². The first-order valence-corrected chi connectivity index (χ1v) is 11.2. The third-order valence-corrected chi connectivity index (χ3v) is 5.73. The highest BCUT2D eigenvalue weighted by molar-refractivity contribution is 5.69. The standard InChI is InChI=1S/C23H25F5N6O3/c1-21(2,3)37-20(35)33-9-13(25)15(10-33)32-18-6-12(24)5-14(31-18)16-7-30-19-8-29-17(11-34(16)19)22(4,36)23(26,27)28/h5-8,11,13,15,36H,9-10H2,1-4H3,(H,31,32)/t13-,15-,22?/m0/s1. The van der Waals surface area contributed by atoms with Crippen molar-refractivity contribution in [2.75, 3.05) is 18.4 Å². The molecule has 9 nitrogen and oxygen atoms in total. The van der Waals surface area contributed by atoms with Gasteiger partial charge in [-0.15, -0.1) is 0 Å². The number of aliphatic hydroxyl groups is 1. The lowest BCUT2D eigenvalue weighted by Crippen LogP contribution is -2.40. The Morgan fingerprint density at radius 1 is 1.14 bits per heavy atom. The Kier molecular flexibility index (Phi) is 6.51. The molecule has 14 heteroatoms. The smallest absolute Gasteiger partial charge is 0.422 e. The molecule has 0 saturated carbocycles. The van der Waals surface area contributed by atoms with E-state index >= 15 is 0 Å². The number of rotatable bonds is 4. The Morgan fingerprint density at radius 3 is 2.49 bits per heavy atom. The van der Waals surface area contributed by atoms with Crippen molar-refractivity contribution in [1.29, 1.82) is 0 Å². The van der Waals surface area contributed by atoms with Crippen LogP contribution in [0.25, 0.3) is 17.0 Å². The van der Waals surface area contributed by atoms with Gasteiger partial charge in [0.2, 0.25) is 5.60 Å². The van der Waals surface area contributed by atoms with Gasteiger partial charge in [-0.3, -0.25) is 9.38 Å². The van der Waals surface area contributed by atoms with E-state index in [2.05, 4.69) is 20.3 Å². The van der Waals surface area contributed by atoms with Crippen LogP contribution < -0.4 is 5.32 Å². The Bertz CT molecular complexity index is 1320. The number of aromatic nitrogens is 4. The summed E-state index contributed by atoms with van der Waals surface area (Å²) in [5.74, 6) is -0.809. The van der Waals surface area contributed by atoms with Gasteiger partial charge in [-0.2, -0.15) is 13.2 Å². The highest BCUT2D eigenvalue weighted by atomic mass is 19.4. The molecular weight excluding hydrogens is 503 g/mol. The number of likely N-dealkylation sites (tertiary alicyclic amines) is 1. The van der Waals surface area contributed by atoms with Crippen LogP contribution in [-0.4, -0.2) is 72.5 Å². The molecule has 200 valence electrons. The quantitative estimate of drug-likeness (QED) is 0.492. The number of carbonyl (C=O) groups excluding carboxylic acids is 1. The maximum absolute atomic E-state index is 14.7. The maximum atomic E-state index is 14.7. The van der Waals surface area contributed by atoms with Crippen molar-refractivity contribution in [2.45, 2.75) is 57.3 Å². The van der Waals surface area contributed by atoms with Crippen LogP contribution in [0, 0.1) is 5.82 Å². The van der Waals surface area contributed by atoms with Gasteiger partial charge >= 0.3 is 12.3 Å². The predicted octanol–water partition coefficient (Wildman–Crippen LogP) is 4.07. The fraction of sp³-hybridized carbons (Fsp3) is 0.478. The normalized spacial score (nSPS) is 20.2. The summed E-state index contributed by atoms with van der Waals surface area (Å²) in [7, 11) is 0. The van der Waals surface area contributed by atoms with Gasteiger partial charge in [0, 0.05) is 24.9 Å². The first-order valence-electron chi connectivity index (χ1n) is 11.2. The van der Waals surface area contributed by atoms with E-state index in [4.69, 9.17) is 4.74 Å². The van der Waals surface area contributed by atoms with Gasteiger partial charge in [-0.1, -0.05) is 0 Å². The number of fused-ring (bicyclic) bond motifs is 1. The van der Waals surface area contributed by atoms with Crippen molar-refractivity contribution < 1.29 is 36.6 Å². The van der Waals surface area contributed by atoms with Crippen molar-refractivity contribution in [1.82, 2.24) is 24.3 Å². The van der Waals surface area contributed by atoms with Gasteiger partial charge in [0.05, 0.1) is 42.1 Å². The predicted molar refractivity (Wildman–Crippen MR) is 122 cm³/mol. The minimum absolute atomic E-state index is 0.0174. The van der Waals surface area contributed by atoms with E-state index in [1.165, 1.54) is 15.5 Å². The van der Waals surface area contributed by atoms with Crippen LogP contribution in [-0.2, 0) is 10.3 Å². The second-order valence-corrected chi connectivity index (χ2v) is 9.92. The maximum Gasteiger partial charge on any atom is 0.422 e. The summed E-state index contributed by atoms with van der Waals surface area (Å²) < 4.78 is 75.6. The van der Waals surface area contributed by atoms with Crippen molar-refractivity contribution in [3.05, 3.63) is 42.2 Å². The zero-order valence-corrected chi connectivity index (χ0v) is 20.3. The molecule has 4 heterocycles. The number of imidazole rings is 1. The van der Waals surface area contributed by atoms with E-state index in [0.717, 1.165) is 24.5 Å². The number of amides is 1. The van der Waals surface area contributed by atoms with Crippen LogP contribution in [0.1, 0.15) is 33.4 Å². The second-order valence-electron chi connectivity index (χ2n) is 9.92. The summed E-state index contributed by atoms with van der Waals surface area (Å²) in [5.41, 5.74) is -4.48. The minimum atomic E-state index is -5.00. The number of nitrogens with one attached hydrogen (secondary N) is 1. The highest BCUT2D eigenvalue weighted by Gasteiger charge is 2.52. The summed E-state index contributed by atoms with van der Waals surface area (Å²) >= 11 is 0. The lowest BCUT2D eigenvalue weighted by Gasteiger charge is -2.25. The topological polar surface area (TPSA) is 105 Å². The first-order chi connectivity index (χ1) is 17.0. The number of alkyl halides is 4.